The van der Waals surface area contributed by atoms with Gasteiger partial charge in [0.1, 0.15) is 12.4 Å². The zero-order valence-electron chi connectivity index (χ0n) is 14.6. The van der Waals surface area contributed by atoms with E-state index in [0.29, 0.717) is 6.42 Å². The number of imidazole rings is 1. The molecule has 1 unspecified atom stereocenters. The molecule has 126 valence electrons. The summed E-state index contributed by atoms with van der Waals surface area (Å²) in [7, 11) is 1.95. The largest absolute Gasteiger partial charge is 0.422 e. The third-order valence-electron chi connectivity index (χ3n) is 4.00. The van der Waals surface area contributed by atoms with E-state index in [1.165, 1.54) is 44.9 Å². The molecule has 0 amide bonds. The van der Waals surface area contributed by atoms with E-state index in [2.05, 4.69) is 6.92 Å². The first-order valence-corrected chi connectivity index (χ1v) is 8.85. The van der Waals surface area contributed by atoms with Crippen LogP contribution in [-0.2, 0) is 16.6 Å². The normalized spacial score (nSPS) is 12.3. The van der Waals surface area contributed by atoms with Crippen LogP contribution >= 0.6 is 0 Å². The van der Waals surface area contributed by atoms with Gasteiger partial charge in [0, 0.05) is 13.3 Å². The van der Waals surface area contributed by atoms with E-state index in [1.807, 2.05) is 41.8 Å². The van der Waals surface area contributed by atoms with Crippen molar-refractivity contribution in [1.82, 2.24) is 4.57 Å². The number of rotatable bonds is 12. The molecule has 0 bridgehead atoms. The van der Waals surface area contributed by atoms with Gasteiger partial charge in [-0.2, -0.15) is 4.57 Å². The van der Waals surface area contributed by atoms with Crippen molar-refractivity contribution in [3.63, 3.8) is 0 Å². The van der Waals surface area contributed by atoms with Crippen molar-refractivity contribution in [2.75, 3.05) is 0 Å². The van der Waals surface area contributed by atoms with E-state index in [-0.39, 0.29) is 12.2 Å². The third kappa shape index (κ3) is 8.20. The molecular formula is C18H33N2O2+. The van der Waals surface area contributed by atoms with Crippen LogP contribution in [0.15, 0.2) is 18.7 Å². The summed E-state index contributed by atoms with van der Waals surface area (Å²) < 4.78 is 9.26. The van der Waals surface area contributed by atoms with Gasteiger partial charge in [-0.25, -0.2) is 4.57 Å². The van der Waals surface area contributed by atoms with E-state index >= 15 is 0 Å². The fraction of sp³-hybridized carbons (Fsp3) is 0.778. The Morgan fingerprint density at radius 3 is 2.23 bits per heavy atom. The molecule has 1 heterocycles. The second-order valence-corrected chi connectivity index (χ2v) is 6.19. The Balaban J connectivity index is 1.99. The Morgan fingerprint density at radius 2 is 1.68 bits per heavy atom. The smallest absolute Gasteiger partial charge is 0.309 e. The van der Waals surface area contributed by atoms with Gasteiger partial charge in [-0.15, -0.1) is 0 Å². The van der Waals surface area contributed by atoms with Crippen molar-refractivity contribution >= 4 is 5.97 Å². The van der Waals surface area contributed by atoms with Crippen LogP contribution in [0.3, 0.4) is 0 Å². The number of esters is 1. The van der Waals surface area contributed by atoms with Gasteiger partial charge in [-0.05, 0) is 6.42 Å². The molecule has 0 spiro atoms. The van der Waals surface area contributed by atoms with E-state index in [1.54, 1.807) is 0 Å². The van der Waals surface area contributed by atoms with Gasteiger partial charge in [-0.3, -0.25) is 4.79 Å². The maximum atomic E-state index is 11.8. The molecule has 1 aromatic rings. The van der Waals surface area contributed by atoms with Gasteiger partial charge >= 0.3 is 5.97 Å². The van der Waals surface area contributed by atoms with Crippen molar-refractivity contribution in [3.8, 4) is 0 Å². The topological polar surface area (TPSA) is 35.1 Å². The number of unbranched alkanes of at least 4 members (excludes halogenated alkanes) is 8. The van der Waals surface area contributed by atoms with E-state index in [0.717, 1.165) is 12.8 Å². The SMILES string of the molecule is CCCCCCCCCCCC(=O)OC(C)n1cc[n+](C)c1. The third-order valence-corrected chi connectivity index (χ3v) is 4.00. The monoisotopic (exact) mass is 309 g/mol. The van der Waals surface area contributed by atoms with Crippen molar-refractivity contribution in [2.45, 2.75) is 84.3 Å². The highest BCUT2D eigenvalue weighted by Crippen LogP contribution is 2.12. The molecule has 0 aliphatic heterocycles. The van der Waals surface area contributed by atoms with Crippen LogP contribution < -0.4 is 4.57 Å². The van der Waals surface area contributed by atoms with E-state index in [9.17, 15) is 4.79 Å². The van der Waals surface area contributed by atoms with Crippen LogP contribution in [0.2, 0.25) is 0 Å². The molecule has 22 heavy (non-hydrogen) atoms. The first-order valence-electron chi connectivity index (χ1n) is 8.85. The zero-order valence-corrected chi connectivity index (χ0v) is 14.6. The van der Waals surface area contributed by atoms with E-state index < -0.39 is 0 Å². The standard InChI is InChI=1S/C18H33N2O2/c1-4-5-6-7-8-9-10-11-12-13-18(21)22-17(2)20-15-14-19(3)16-20/h14-17H,4-13H2,1-3H3/q+1. The second kappa shape index (κ2) is 11.3. The molecule has 0 saturated heterocycles. The maximum absolute atomic E-state index is 11.8. The number of hydrogen-bond acceptors (Lipinski definition) is 2. The molecule has 0 aliphatic carbocycles. The zero-order chi connectivity index (χ0) is 16.2. The van der Waals surface area contributed by atoms with Crippen molar-refractivity contribution in [3.05, 3.63) is 18.7 Å². The van der Waals surface area contributed by atoms with Gasteiger partial charge in [0.05, 0.1) is 7.05 Å². The minimum atomic E-state index is -0.229. The molecule has 1 atom stereocenters. The lowest BCUT2D eigenvalue weighted by Gasteiger charge is -2.09. The highest BCUT2D eigenvalue weighted by Gasteiger charge is 2.14. The number of aryl methyl sites for hydroxylation is 1. The average Bonchev–Trinajstić information content (AvgIpc) is 2.92. The molecular weight excluding hydrogens is 276 g/mol. The number of carbonyl (C=O) groups is 1. The van der Waals surface area contributed by atoms with Crippen molar-refractivity contribution in [2.24, 2.45) is 7.05 Å². The Morgan fingerprint density at radius 1 is 1.09 bits per heavy atom. The maximum Gasteiger partial charge on any atom is 0.309 e. The summed E-state index contributed by atoms with van der Waals surface area (Å²) in [5, 5.41) is 0. The molecule has 0 fully saturated rings. The molecule has 1 aromatic heterocycles. The first-order chi connectivity index (χ1) is 10.6. The van der Waals surface area contributed by atoms with Crippen LogP contribution in [0.25, 0.3) is 0 Å². The molecule has 0 radical (unpaired) electrons. The Kier molecular flexibility index (Phi) is 9.60. The summed E-state index contributed by atoms with van der Waals surface area (Å²) in [6.07, 6.45) is 17.4. The van der Waals surface area contributed by atoms with Gasteiger partial charge in [-0.1, -0.05) is 58.3 Å². The van der Waals surface area contributed by atoms with Crippen molar-refractivity contribution in [1.29, 1.82) is 0 Å². The van der Waals surface area contributed by atoms with Gasteiger partial charge in [0.15, 0.2) is 0 Å². The van der Waals surface area contributed by atoms with Crippen LogP contribution in [0.5, 0.6) is 0 Å². The number of hydrogen-bond donors (Lipinski definition) is 0. The van der Waals surface area contributed by atoms with Gasteiger partial charge in [0.2, 0.25) is 12.6 Å². The molecule has 4 nitrogen and oxygen atoms in total. The van der Waals surface area contributed by atoms with Gasteiger partial charge < -0.3 is 4.74 Å². The van der Waals surface area contributed by atoms with E-state index in [4.69, 9.17) is 4.74 Å². The second-order valence-electron chi connectivity index (χ2n) is 6.19. The number of nitrogens with zero attached hydrogens (tertiary/aromatic N) is 2. The summed E-state index contributed by atoms with van der Waals surface area (Å²) >= 11 is 0. The highest BCUT2D eigenvalue weighted by atomic mass is 16.6. The number of aromatic nitrogens is 2. The minimum Gasteiger partial charge on any atom is -0.422 e. The summed E-state index contributed by atoms with van der Waals surface area (Å²) in [5.41, 5.74) is 0. The molecule has 0 aliphatic rings. The molecule has 0 N–H and O–H groups in total. The van der Waals surface area contributed by atoms with Crippen molar-refractivity contribution < 1.29 is 14.1 Å². The lowest BCUT2D eigenvalue weighted by atomic mass is 10.1. The Bertz CT molecular complexity index is 415. The lowest BCUT2D eigenvalue weighted by Crippen LogP contribution is -2.24. The molecule has 0 saturated carbocycles. The summed E-state index contributed by atoms with van der Waals surface area (Å²) in [4.78, 5) is 11.8. The molecule has 1 rings (SSSR count). The van der Waals surface area contributed by atoms with Crippen LogP contribution in [0.1, 0.15) is 84.3 Å². The first kappa shape index (κ1) is 18.7. The predicted octanol–water partition coefficient (Wildman–Crippen LogP) is 4.30. The Hall–Kier alpha value is -1.32. The fourth-order valence-electron chi connectivity index (χ4n) is 2.57. The Labute approximate surface area is 135 Å². The van der Waals surface area contributed by atoms with Crippen LogP contribution in [0, 0.1) is 0 Å². The summed E-state index contributed by atoms with van der Waals surface area (Å²) in [6, 6.07) is 0. The quantitative estimate of drug-likeness (QED) is 0.328. The molecule has 0 aromatic carbocycles. The van der Waals surface area contributed by atoms with Crippen LogP contribution in [0.4, 0.5) is 0 Å². The lowest BCUT2D eigenvalue weighted by molar-refractivity contribution is -0.671. The predicted molar refractivity (Wildman–Crippen MR) is 88.3 cm³/mol. The van der Waals surface area contributed by atoms with Gasteiger partial charge in [0.25, 0.3) is 0 Å². The minimum absolute atomic E-state index is 0.0909. The average molecular weight is 309 g/mol. The highest BCUT2D eigenvalue weighted by molar-refractivity contribution is 5.69. The van der Waals surface area contributed by atoms with Crippen LogP contribution in [-0.4, -0.2) is 10.5 Å². The number of ether oxygens (including phenoxy) is 1. The number of carbonyl (C=O) groups excluding carboxylic acids is 1. The molecule has 4 heteroatoms. The summed E-state index contributed by atoms with van der Waals surface area (Å²) in [6.45, 7) is 4.14. The summed E-state index contributed by atoms with van der Waals surface area (Å²) in [5.74, 6) is -0.0909. The fourth-order valence-corrected chi connectivity index (χ4v) is 2.57.